The Morgan fingerprint density at radius 3 is 1.14 bits per heavy atom. The quantitative estimate of drug-likeness (QED) is 0.578. The van der Waals surface area contributed by atoms with Crippen molar-refractivity contribution < 1.29 is 27.2 Å². The predicted octanol–water partition coefficient (Wildman–Crippen LogP) is 5.08. The van der Waals surface area contributed by atoms with Crippen molar-refractivity contribution in [3.8, 4) is 0 Å². The van der Waals surface area contributed by atoms with Gasteiger partial charge in [0.25, 0.3) is 0 Å². The summed E-state index contributed by atoms with van der Waals surface area (Å²) in [7, 11) is 0. The van der Waals surface area contributed by atoms with E-state index in [0.29, 0.717) is 0 Å². The monoisotopic (exact) mass is 278 g/mol. The van der Waals surface area contributed by atoms with E-state index in [1.807, 2.05) is 0 Å². The Morgan fingerprint density at radius 1 is 0.643 bits per heavy atom. The Labute approximate surface area is 98.7 Å². The maximum atomic E-state index is 2.33. The molecule has 0 spiro atoms. The van der Waals surface area contributed by atoms with Gasteiger partial charge in [-0.05, 0) is 0 Å². The molecule has 86 valence electrons. The third-order valence-corrected chi connectivity index (χ3v) is 10.5. The fourth-order valence-corrected chi connectivity index (χ4v) is 9.79. The zero-order chi connectivity index (χ0) is 9.94. The summed E-state index contributed by atoms with van der Waals surface area (Å²) in [5.41, 5.74) is 0. The van der Waals surface area contributed by atoms with Crippen LogP contribution < -0.4 is 0 Å². The van der Waals surface area contributed by atoms with Crippen molar-refractivity contribution in [2.45, 2.75) is 71.7 Å². The summed E-state index contributed by atoms with van der Waals surface area (Å²) in [5.74, 6) is 0. The van der Waals surface area contributed by atoms with E-state index in [2.05, 4.69) is 20.8 Å². The first-order valence-corrected chi connectivity index (χ1v) is 11.4. The summed E-state index contributed by atoms with van der Waals surface area (Å²) in [4.78, 5) is 0. The molecule has 0 aliphatic heterocycles. The molecule has 1 N–H and O–H groups in total. The van der Waals surface area contributed by atoms with Gasteiger partial charge in [-0.25, -0.2) is 0 Å². The third-order valence-electron chi connectivity index (χ3n) is 2.65. The molecule has 0 bridgehead atoms. The number of unbranched alkanes of at least 4 members (excludes halogenated alkanes) is 3. The van der Waals surface area contributed by atoms with Crippen molar-refractivity contribution in [1.82, 2.24) is 0 Å². The van der Waals surface area contributed by atoms with Crippen molar-refractivity contribution in [2.24, 2.45) is 0 Å². The fourth-order valence-electron chi connectivity index (χ4n) is 1.66. The van der Waals surface area contributed by atoms with Crippen LogP contribution in [0.2, 0.25) is 12.4 Å². The summed E-state index contributed by atoms with van der Waals surface area (Å²) < 4.78 is 5.04. The molecule has 0 fully saturated rings. The fraction of sp³-hybridized carbons (Fsp3) is 1.00. The van der Waals surface area contributed by atoms with Crippen LogP contribution in [0.5, 0.6) is 0 Å². The molecule has 0 aromatic heterocycles. The van der Waals surface area contributed by atoms with Gasteiger partial charge in [0.05, 0.1) is 0 Å². The Balaban J connectivity index is 0. The maximum absolute atomic E-state index is 2.33. The average Bonchev–Trinajstić information content (AvgIpc) is 2.17. The van der Waals surface area contributed by atoms with Gasteiger partial charge >= 0.3 is 93.4 Å². The van der Waals surface area contributed by atoms with Gasteiger partial charge in [0.1, 0.15) is 0 Å². The minimum absolute atomic E-state index is 0. The molecule has 0 amide bonds. The zero-order valence-corrected chi connectivity index (χ0v) is 12.8. The molecule has 0 aliphatic carbocycles. The minimum Gasteiger partial charge on any atom is -0.870 e. The topological polar surface area (TPSA) is 30.0 Å². The van der Waals surface area contributed by atoms with Gasteiger partial charge in [0.15, 0.2) is 0 Å². The molecule has 0 aliphatic rings. The van der Waals surface area contributed by atoms with E-state index in [1.165, 1.54) is 38.5 Å². The molecule has 0 unspecified atom stereocenters. The van der Waals surface area contributed by atoms with Gasteiger partial charge in [0.2, 0.25) is 0 Å². The maximum Gasteiger partial charge on any atom is -0.870 e. The first kappa shape index (κ1) is 17.2. The van der Waals surface area contributed by atoms with Crippen LogP contribution in [0.1, 0.15) is 59.3 Å². The Kier molecular flexibility index (Phi) is 17.1. The molecule has 2 heteroatoms. The normalized spacial score (nSPS) is 9.64. The number of hydrogen-bond donors (Lipinski definition) is 0. The molecule has 0 atom stereocenters. The average molecular weight is 280 g/mol. The van der Waals surface area contributed by atoms with Crippen LogP contribution in [-0.2, 0) is 21.8 Å². The smallest absolute Gasteiger partial charge is 0.870 e. The van der Waals surface area contributed by atoms with E-state index in [9.17, 15) is 0 Å². The van der Waals surface area contributed by atoms with E-state index in [-0.39, 0.29) is 5.48 Å². The van der Waals surface area contributed by atoms with Gasteiger partial charge in [-0.3, -0.25) is 0 Å². The largest absolute Gasteiger partial charge is 0.870 e. The summed E-state index contributed by atoms with van der Waals surface area (Å²) in [6, 6.07) is 0. The van der Waals surface area contributed by atoms with Crippen molar-refractivity contribution in [3.05, 3.63) is 0 Å². The van der Waals surface area contributed by atoms with Crippen LogP contribution in [0.25, 0.3) is 0 Å². The van der Waals surface area contributed by atoms with E-state index >= 15 is 0 Å². The molecule has 1 nitrogen and oxygen atoms in total. The summed E-state index contributed by atoms with van der Waals surface area (Å²) in [6.45, 7) is 7.00. The second-order valence-electron chi connectivity index (χ2n) is 4.06. The van der Waals surface area contributed by atoms with Crippen LogP contribution in [0.3, 0.4) is 0 Å². The van der Waals surface area contributed by atoms with Crippen molar-refractivity contribution in [3.63, 3.8) is 0 Å². The Bertz CT molecular complexity index is 77.3. The summed E-state index contributed by atoms with van der Waals surface area (Å²) >= 11 is -0.839. The molecule has 0 saturated heterocycles. The van der Waals surface area contributed by atoms with Crippen LogP contribution in [0.15, 0.2) is 0 Å². The SMILES string of the molecule is CCC[CH2][Zr+]([CH2]CCC)[CH2]CCC.[OH-]. The third kappa shape index (κ3) is 10.9. The molecular formula is C12H28OZr. The van der Waals surface area contributed by atoms with Crippen LogP contribution >= 0.6 is 0 Å². The van der Waals surface area contributed by atoms with Crippen LogP contribution in [-0.4, -0.2) is 5.48 Å². The standard InChI is InChI=1S/3C4H9.H2O.Zr/c3*1-3-4-2;;/h3*1,3-4H2,2H3;1H2;/q;;;;+1/p-1. The van der Waals surface area contributed by atoms with Gasteiger partial charge in [0, 0.05) is 0 Å². The second-order valence-corrected chi connectivity index (χ2v) is 11.4. The first-order valence-electron chi connectivity index (χ1n) is 6.18. The van der Waals surface area contributed by atoms with E-state index < -0.39 is 21.8 Å². The molecule has 0 aromatic rings. The Morgan fingerprint density at radius 2 is 0.929 bits per heavy atom. The molecular weight excluding hydrogens is 251 g/mol. The van der Waals surface area contributed by atoms with Gasteiger partial charge in [-0.15, -0.1) is 0 Å². The molecule has 0 aromatic carbocycles. The predicted molar refractivity (Wildman–Crippen MR) is 61.1 cm³/mol. The molecule has 0 radical (unpaired) electrons. The zero-order valence-electron chi connectivity index (χ0n) is 10.3. The summed E-state index contributed by atoms with van der Waals surface area (Å²) in [5, 5.41) is 0. The van der Waals surface area contributed by atoms with E-state index in [1.54, 1.807) is 12.4 Å². The molecule has 14 heavy (non-hydrogen) atoms. The molecule has 0 rings (SSSR count). The number of rotatable bonds is 9. The van der Waals surface area contributed by atoms with Gasteiger partial charge in [-0.2, -0.15) is 0 Å². The second kappa shape index (κ2) is 13.8. The van der Waals surface area contributed by atoms with Crippen molar-refractivity contribution in [2.75, 3.05) is 0 Å². The summed E-state index contributed by atoms with van der Waals surface area (Å²) in [6.07, 6.45) is 8.85. The first-order chi connectivity index (χ1) is 6.35. The van der Waals surface area contributed by atoms with Crippen LogP contribution in [0.4, 0.5) is 0 Å². The molecule has 0 heterocycles. The Hall–Kier alpha value is 0.843. The molecule has 0 saturated carbocycles. The van der Waals surface area contributed by atoms with Crippen LogP contribution in [0, 0.1) is 0 Å². The van der Waals surface area contributed by atoms with Crippen molar-refractivity contribution >= 4 is 0 Å². The van der Waals surface area contributed by atoms with Gasteiger partial charge in [-0.1, -0.05) is 0 Å². The van der Waals surface area contributed by atoms with Crippen molar-refractivity contribution in [1.29, 1.82) is 0 Å². The van der Waals surface area contributed by atoms with Gasteiger partial charge < -0.3 is 5.48 Å². The minimum atomic E-state index is -0.839. The van der Waals surface area contributed by atoms with E-state index in [4.69, 9.17) is 0 Å². The number of hydrogen-bond acceptors (Lipinski definition) is 1. The van der Waals surface area contributed by atoms with E-state index in [0.717, 1.165) is 0 Å².